The van der Waals surface area contributed by atoms with Crippen LogP contribution in [-0.4, -0.2) is 4.98 Å². The van der Waals surface area contributed by atoms with Gasteiger partial charge in [-0.25, -0.2) is 8.78 Å². The maximum Gasteiger partial charge on any atom is 0.251 e. The minimum atomic E-state index is -1.32. The van der Waals surface area contributed by atoms with Crippen molar-refractivity contribution < 1.29 is 13.2 Å². The number of pyridine rings is 1. The number of hydrogen-bond donors (Lipinski definition) is 1. The normalized spacial score (nSPS) is 10.6. The first-order valence-corrected chi connectivity index (χ1v) is 6.17. The van der Waals surface area contributed by atoms with Gasteiger partial charge in [0.1, 0.15) is 0 Å². The Balaban J connectivity index is 2.11. The molecule has 0 unspecified atom stereocenters. The van der Waals surface area contributed by atoms with E-state index >= 15 is 0 Å². The van der Waals surface area contributed by atoms with Crippen LogP contribution in [0.1, 0.15) is 4.88 Å². The maximum atomic E-state index is 13.2. The lowest BCUT2D eigenvalue weighted by Gasteiger charge is -2.05. The van der Waals surface area contributed by atoms with Crippen LogP contribution in [0.4, 0.5) is 19.0 Å². The van der Waals surface area contributed by atoms with Crippen LogP contribution in [0.15, 0.2) is 22.0 Å². The minimum absolute atomic E-state index is 0.297. The van der Waals surface area contributed by atoms with E-state index in [-0.39, 0.29) is 5.82 Å². The van der Waals surface area contributed by atoms with Gasteiger partial charge in [0, 0.05) is 10.9 Å². The largest absolute Gasteiger partial charge is 0.363 e. The summed E-state index contributed by atoms with van der Waals surface area (Å²) >= 11 is 4.74. The average molecular weight is 323 g/mol. The first-order valence-electron chi connectivity index (χ1n) is 4.56. The summed E-state index contributed by atoms with van der Waals surface area (Å²) in [4.78, 5) is 4.08. The SMILES string of the molecule is Fc1cc(F)c(NCc2ccc(Br)s2)nc1F. The lowest BCUT2D eigenvalue weighted by molar-refractivity contribution is 0.466. The van der Waals surface area contributed by atoms with Crippen LogP contribution in [0, 0.1) is 17.6 Å². The molecule has 2 heterocycles. The summed E-state index contributed by atoms with van der Waals surface area (Å²) < 4.78 is 39.5. The third-order valence-corrected chi connectivity index (χ3v) is 3.57. The predicted molar refractivity (Wildman–Crippen MR) is 63.5 cm³/mol. The van der Waals surface area contributed by atoms with Crippen molar-refractivity contribution in [2.45, 2.75) is 6.54 Å². The van der Waals surface area contributed by atoms with Gasteiger partial charge in [-0.2, -0.15) is 9.37 Å². The smallest absolute Gasteiger partial charge is 0.251 e. The van der Waals surface area contributed by atoms with Gasteiger partial charge in [-0.3, -0.25) is 0 Å². The van der Waals surface area contributed by atoms with Crippen molar-refractivity contribution in [2.75, 3.05) is 5.32 Å². The number of aromatic nitrogens is 1. The van der Waals surface area contributed by atoms with Gasteiger partial charge in [-0.15, -0.1) is 11.3 Å². The van der Waals surface area contributed by atoms with Crippen LogP contribution in [-0.2, 0) is 6.54 Å². The first kappa shape index (κ1) is 12.4. The van der Waals surface area contributed by atoms with Crippen molar-refractivity contribution >= 4 is 33.1 Å². The highest BCUT2D eigenvalue weighted by Gasteiger charge is 2.11. The summed E-state index contributed by atoms with van der Waals surface area (Å²) in [5, 5.41) is 2.61. The lowest BCUT2D eigenvalue weighted by atomic mass is 10.4. The molecule has 7 heteroatoms. The van der Waals surface area contributed by atoms with Crippen LogP contribution in [0.5, 0.6) is 0 Å². The molecule has 0 aliphatic carbocycles. The minimum Gasteiger partial charge on any atom is -0.363 e. The summed E-state index contributed by atoms with van der Waals surface area (Å²) in [6, 6.07) is 4.14. The molecule has 17 heavy (non-hydrogen) atoms. The summed E-state index contributed by atoms with van der Waals surface area (Å²) in [6.45, 7) is 0.297. The van der Waals surface area contributed by atoms with Gasteiger partial charge in [-0.05, 0) is 28.1 Å². The van der Waals surface area contributed by atoms with Crippen molar-refractivity contribution in [3.8, 4) is 0 Å². The van der Waals surface area contributed by atoms with E-state index in [1.54, 1.807) is 0 Å². The summed E-state index contributed by atoms with van der Waals surface area (Å²) in [5.41, 5.74) is 0. The zero-order valence-corrected chi connectivity index (χ0v) is 10.7. The molecule has 0 aromatic carbocycles. The molecular formula is C10H6BrF3N2S. The fourth-order valence-electron chi connectivity index (χ4n) is 1.19. The van der Waals surface area contributed by atoms with E-state index in [4.69, 9.17) is 0 Å². The molecule has 0 fully saturated rings. The fourth-order valence-corrected chi connectivity index (χ4v) is 2.61. The molecule has 0 amide bonds. The van der Waals surface area contributed by atoms with Gasteiger partial charge in [-0.1, -0.05) is 0 Å². The Morgan fingerprint density at radius 2 is 2.00 bits per heavy atom. The summed E-state index contributed by atoms with van der Waals surface area (Å²) in [7, 11) is 0. The van der Waals surface area contributed by atoms with Crippen molar-refractivity contribution in [2.24, 2.45) is 0 Å². The van der Waals surface area contributed by atoms with Crippen LogP contribution in [0.2, 0.25) is 0 Å². The van der Waals surface area contributed by atoms with Gasteiger partial charge >= 0.3 is 0 Å². The molecule has 0 saturated heterocycles. The van der Waals surface area contributed by atoms with Gasteiger partial charge in [0.05, 0.1) is 10.3 Å². The van der Waals surface area contributed by atoms with Gasteiger partial charge in [0.2, 0.25) is 0 Å². The zero-order valence-electron chi connectivity index (χ0n) is 8.31. The third kappa shape index (κ3) is 2.98. The number of hydrogen-bond acceptors (Lipinski definition) is 3. The lowest BCUT2D eigenvalue weighted by Crippen LogP contribution is -2.05. The molecular weight excluding hydrogens is 317 g/mol. The highest BCUT2D eigenvalue weighted by atomic mass is 79.9. The monoisotopic (exact) mass is 322 g/mol. The van der Waals surface area contributed by atoms with Crippen molar-refractivity contribution in [3.05, 3.63) is 44.4 Å². The number of rotatable bonds is 3. The number of thiophene rings is 1. The predicted octanol–water partition coefficient (Wildman–Crippen LogP) is 3.94. The van der Waals surface area contributed by atoms with Gasteiger partial charge in [0.15, 0.2) is 17.5 Å². The van der Waals surface area contributed by atoms with E-state index in [1.165, 1.54) is 11.3 Å². The molecule has 1 N–H and O–H groups in total. The molecule has 0 bridgehead atoms. The van der Waals surface area contributed by atoms with Crippen LogP contribution < -0.4 is 5.32 Å². The molecule has 90 valence electrons. The molecule has 2 nitrogen and oxygen atoms in total. The second-order valence-corrected chi connectivity index (χ2v) is 5.70. The second-order valence-electron chi connectivity index (χ2n) is 3.15. The number of nitrogens with one attached hydrogen (secondary N) is 1. The molecule has 0 aliphatic rings. The molecule has 2 aromatic rings. The van der Waals surface area contributed by atoms with E-state index in [1.807, 2.05) is 12.1 Å². The molecule has 0 radical (unpaired) electrons. The topological polar surface area (TPSA) is 24.9 Å². The van der Waals surface area contributed by atoms with Crippen LogP contribution in [0.25, 0.3) is 0 Å². The molecule has 0 atom stereocenters. The number of halogens is 4. The van der Waals surface area contributed by atoms with E-state index in [9.17, 15) is 13.2 Å². The van der Waals surface area contributed by atoms with Crippen molar-refractivity contribution in [1.82, 2.24) is 4.98 Å². The van der Waals surface area contributed by atoms with Crippen LogP contribution in [0.3, 0.4) is 0 Å². The summed E-state index contributed by atoms with van der Waals surface area (Å²) in [6.07, 6.45) is 0. The maximum absolute atomic E-state index is 13.2. The van der Waals surface area contributed by atoms with Crippen LogP contribution >= 0.6 is 27.3 Å². The van der Waals surface area contributed by atoms with Gasteiger partial charge < -0.3 is 5.32 Å². The van der Waals surface area contributed by atoms with Crippen molar-refractivity contribution in [3.63, 3.8) is 0 Å². The number of anilines is 1. The molecule has 0 spiro atoms. The quantitative estimate of drug-likeness (QED) is 0.866. The molecule has 0 saturated carbocycles. The van der Waals surface area contributed by atoms with E-state index in [0.29, 0.717) is 12.6 Å². The van der Waals surface area contributed by atoms with E-state index < -0.39 is 17.6 Å². The molecule has 2 aromatic heterocycles. The Morgan fingerprint density at radius 3 is 2.65 bits per heavy atom. The Kier molecular flexibility index (Phi) is 3.68. The number of nitrogens with zero attached hydrogens (tertiary/aromatic N) is 1. The Labute approximate surface area is 108 Å². The van der Waals surface area contributed by atoms with Crippen molar-refractivity contribution in [1.29, 1.82) is 0 Å². The first-order chi connectivity index (χ1) is 8.06. The van der Waals surface area contributed by atoms with Gasteiger partial charge in [0.25, 0.3) is 5.95 Å². The highest BCUT2D eigenvalue weighted by molar-refractivity contribution is 9.11. The standard InChI is InChI=1S/C10H6BrF3N2S/c11-8-2-1-5(17-8)4-15-10-7(13)3-6(12)9(14)16-10/h1-3H,4H2,(H,15,16). The molecule has 0 aliphatic heterocycles. The Bertz CT molecular complexity index is 544. The zero-order chi connectivity index (χ0) is 12.4. The summed E-state index contributed by atoms with van der Waals surface area (Å²) in [5.74, 6) is -3.83. The molecule has 2 rings (SSSR count). The fraction of sp³-hybridized carbons (Fsp3) is 0.100. The third-order valence-electron chi connectivity index (χ3n) is 1.95. The average Bonchev–Trinajstić information content (AvgIpc) is 2.68. The second kappa shape index (κ2) is 5.05. The highest BCUT2D eigenvalue weighted by Crippen LogP contribution is 2.23. The van der Waals surface area contributed by atoms with E-state index in [2.05, 4.69) is 26.2 Å². The van der Waals surface area contributed by atoms with E-state index in [0.717, 1.165) is 8.66 Å². The Hall–Kier alpha value is -1.08. The Morgan fingerprint density at radius 1 is 1.24 bits per heavy atom.